The summed E-state index contributed by atoms with van der Waals surface area (Å²) in [5, 5.41) is 3.41. The first kappa shape index (κ1) is 19.9. The van der Waals surface area contributed by atoms with Crippen LogP contribution in [0.3, 0.4) is 0 Å². The molecule has 1 aromatic rings. The van der Waals surface area contributed by atoms with Gasteiger partial charge in [-0.3, -0.25) is 19.8 Å². The first-order chi connectivity index (χ1) is 13.3. The number of aryl methyl sites for hydroxylation is 1. The molecular formula is C20H25N3O5. The van der Waals surface area contributed by atoms with Crippen LogP contribution in [0.25, 0.3) is 0 Å². The number of nitrogens with one attached hydrogen (secondary N) is 2. The predicted octanol–water partition coefficient (Wildman–Crippen LogP) is 1.61. The largest absolute Gasteiger partial charge is 0.455 e. The van der Waals surface area contributed by atoms with Crippen LogP contribution in [0.15, 0.2) is 24.3 Å². The van der Waals surface area contributed by atoms with Crippen molar-refractivity contribution in [1.82, 2.24) is 15.8 Å². The lowest BCUT2D eigenvalue weighted by Gasteiger charge is -2.33. The van der Waals surface area contributed by atoms with Crippen LogP contribution in [-0.4, -0.2) is 41.0 Å². The Balaban J connectivity index is 1.49. The summed E-state index contributed by atoms with van der Waals surface area (Å²) in [6.07, 6.45) is 2.82. The quantitative estimate of drug-likeness (QED) is 0.590. The number of urea groups is 1. The summed E-state index contributed by atoms with van der Waals surface area (Å²) in [6.45, 7) is 3.49. The van der Waals surface area contributed by atoms with Gasteiger partial charge in [0.2, 0.25) is 0 Å². The van der Waals surface area contributed by atoms with Crippen molar-refractivity contribution in [3.8, 4) is 0 Å². The Morgan fingerprint density at radius 2 is 1.86 bits per heavy atom. The zero-order valence-electron chi connectivity index (χ0n) is 16.1. The lowest BCUT2D eigenvalue weighted by atomic mass is 9.77. The molecule has 8 heteroatoms. The van der Waals surface area contributed by atoms with Gasteiger partial charge in [-0.15, -0.1) is 0 Å². The number of hydrogen-bond donors (Lipinski definition) is 2. The van der Waals surface area contributed by atoms with E-state index in [0.29, 0.717) is 23.8 Å². The molecule has 2 aliphatic rings. The van der Waals surface area contributed by atoms with Crippen LogP contribution in [0.4, 0.5) is 4.79 Å². The van der Waals surface area contributed by atoms with E-state index in [0.717, 1.165) is 24.0 Å². The van der Waals surface area contributed by atoms with E-state index in [9.17, 15) is 19.2 Å². The summed E-state index contributed by atoms with van der Waals surface area (Å²) in [5.74, 6) is -1.24. The SMILES string of the molecule is Cc1ccc(CC(=O)OCC(=O)NN2C(=O)NC3(CCC(C)CC3)C2=O)cc1. The van der Waals surface area contributed by atoms with Crippen LogP contribution in [0.5, 0.6) is 0 Å². The highest BCUT2D eigenvalue weighted by Crippen LogP contribution is 2.35. The fourth-order valence-electron chi connectivity index (χ4n) is 3.54. The van der Waals surface area contributed by atoms with Crippen molar-refractivity contribution in [1.29, 1.82) is 0 Å². The number of nitrogens with zero attached hydrogens (tertiary/aromatic N) is 1. The van der Waals surface area contributed by atoms with E-state index in [-0.39, 0.29) is 6.42 Å². The maximum Gasteiger partial charge on any atom is 0.344 e. The molecule has 0 aromatic heterocycles. The Hall–Kier alpha value is -2.90. The molecule has 1 saturated heterocycles. The normalized spacial score (nSPS) is 24.2. The third-order valence-electron chi connectivity index (χ3n) is 5.36. The molecule has 28 heavy (non-hydrogen) atoms. The fourth-order valence-corrected chi connectivity index (χ4v) is 3.54. The Labute approximate surface area is 163 Å². The predicted molar refractivity (Wildman–Crippen MR) is 99.7 cm³/mol. The zero-order chi connectivity index (χ0) is 20.3. The van der Waals surface area contributed by atoms with Crippen molar-refractivity contribution in [3.05, 3.63) is 35.4 Å². The van der Waals surface area contributed by atoms with Crippen molar-refractivity contribution in [2.45, 2.75) is 51.5 Å². The molecule has 1 aliphatic carbocycles. The molecule has 2 fully saturated rings. The standard InChI is InChI=1S/C20H25N3O5/c1-13-3-5-15(6-4-13)11-17(25)28-12-16(24)22-23-18(26)20(21-19(23)27)9-7-14(2)8-10-20/h3-6,14H,7-12H2,1-2H3,(H,21,27)(H,22,24). The number of esters is 1. The van der Waals surface area contributed by atoms with Gasteiger partial charge in [0.05, 0.1) is 6.42 Å². The molecule has 1 spiro atoms. The van der Waals surface area contributed by atoms with Crippen LogP contribution >= 0.6 is 0 Å². The number of amides is 4. The van der Waals surface area contributed by atoms with Crippen LogP contribution < -0.4 is 10.7 Å². The summed E-state index contributed by atoms with van der Waals surface area (Å²) in [5.41, 5.74) is 3.17. The lowest BCUT2D eigenvalue weighted by molar-refractivity contribution is -0.150. The Bertz CT molecular complexity index is 782. The van der Waals surface area contributed by atoms with Gasteiger partial charge in [0.25, 0.3) is 11.8 Å². The second kappa shape index (κ2) is 8.00. The molecule has 150 valence electrons. The van der Waals surface area contributed by atoms with Gasteiger partial charge >= 0.3 is 12.0 Å². The van der Waals surface area contributed by atoms with Gasteiger partial charge in [-0.05, 0) is 44.1 Å². The summed E-state index contributed by atoms with van der Waals surface area (Å²) >= 11 is 0. The zero-order valence-corrected chi connectivity index (χ0v) is 16.1. The van der Waals surface area contributed by atoms with Crippen molar-refractivity contribution < 1.29 is 23.9 Å². The Morgan fingerprint density at radius 1 is 1.21 bits per heavy atom. The summed E-state index contributed by atoms with van der Waals surface area (Å²) in [6, 6.07) is 6.74. The number of carbonyl (C=O) groups is 4. The molecule has 4 amide bonds. The van der Waals surface area contributed by atoms with Crippen molar-refractivity contribution in [2.75, 3.05) is 6.61 Å². The number of hydrazine groups is 1. The highest BCUT2D eigenvalue weighted by atomic mass is 16.5. The lowest BCUT2D eigenvalue weighted by Crippen LogP contribution is -2.52. The average Bonchev–Trinajstić information content (AvgIpc) is 2.89. The maximum atomic E-state index is 12.7. The van der Waals surface area contributed by atoms with Gasteiger partial charge in [-0.25, -0.2) is 4.79 Å². The highest BCUT2D eigenvalue weighted by Gasteiger charge is 2.52. The van der Waals surface area contributed by atoms with Gasteiger partial charge in [0, 0.05) is 0 Å². The number of rotatable bonds is 5. The first-order valence-electron chi connectivity index (χ1n) is 9.46. The van der Waals surface area contributed by atoms with Gasteiger partial charge < -0.3 is 10.1 Å². The van der Waals surface area contributed by atoms with Gasteiger partial charge in [-0.2, -0.15) is 5.01 Å². The number of hydrogen-bond acceptors (Lipinski definition) is 5. The topological polar surface area (TPSA) is 105 Å². The Morgan fingerprint density at radius 3 is 2.50 bits per heavy atom. The molecule has 8 nitrogen and oxygen atoms in total. The molecule has 0 bridgehead atoms. The minimum atomic E-state index is -0.932. The van der Waals surface area contributed by atoms with E-state index in [4.69, 9.17) is 4.74 Å². The average molecular weight is 387 g/mol. The van der Waals surface area contributed by atoms with E-state index in [2.05, 4.69) is 17.7 Å². The minimum Gasteiger partial charge on any atom is -0.455 e. The molecule has 2 N–H and O–H groups in total. The van der Waals surface area contributed by atoms with Crippen LogP contribution in [0.1, 0.15) is 43.7 Å². The molecule has 0 atom stereocenters. The highest BCUT2D eigenvalue weighted by molar-refractivity contribution is 6.08. The molecular weight excluding hydrogens is 362 g/mol. The monoisotopic (exact) mass is 387 g/mol. The van der Waals surface area contributed by atoms with E-state index in [1.54, 1.807) is 0 Å². The smallest absolute Gasteiger partial charge is 0.344 e. The van der Waals surface area contributed by atoms with Crippen LogP contribution in [-0.2, 0) is 25.5 Å². The molecule has 3 rings (SSSR count). The fraction of sp³-hybridized carbons (Fsp3) is 0.500. The minimum absolute atomic E-state index is 0.0397. The summed E-state index contributed by atoms with van der Waals surface area (Å²) in [7, 11) is 0. The van der Waals surface area contributed by atoms with Crippen LogP contribution in [0.2, 0.25) is 0 Å². The van der Waals surface area contributed by atoms with Gasteiger partial charge in [0.15, 0.2) is 6.61 Å². The maximum absolute atomic E-state index is 12.7. The summed E-state index contributed by atoms with van der Waals surface area (Å²) < 4.78 is 4.95. The molecule has 1 saturated carbocycles. The van der Waals surface area contributed by atoms with Gasteiger partial charge in [0.1, 0.15) is 5.54 Å². The first-order valence-corrected chi connectivity index (χ1v) is 9.46. The number of imide groups is 1. The Kier molecular flexibility index (Phi) is 5.67. The molecule has 1 heterocycles. The third-order valence-corrected chi connectivity index (χ3v) is 5.36. The van der Waals surface area contributed by atoms with E-state index in [1.165, 1.54) is 0 Å². The van der Waals surface area contributed by atoms with Crippen molar-refractivity contribution in [3.63, 3.8) is 0 Å². The van der Waals surface area contributed by atoms with E-state index < -0.39 is 36.0 Å². The number of carbonyl (C=O) groups excluding carboxylic acids is 4. The van der Waals surface area contributed by atoms with Crippen LogP contribution in [0, 0.1) is 12.8 Å². The molecule has 1 aliphatic heterocycles. The second-order valence-corrected chi connectivity index (χ2v) is 7.69. The van der Waals surface area contributed by atoms with Crippen molar-refractivity contribution in [2.24, 2.45) is 5.92 Å². The number of benzene rings is 1. The third kappa shape index (κ3) is 4.32. The van der Waals surface area contributed by atoms with E-state index in [1.807, 2.05) is 31.2 Å². The second-order valence-electron chi connectivity index (χ2n) is 7.69. The van der Waals surface area contributed by atoms with Crippen molar-refractivity contribution >= 4 is 23.8 Å². The summed E-state index contributed by atoms with van der Waals surface area (Å²) in [4.78, 5) is 48.7. The van der Waals surface area contributed by atoms with E-state index >= 15 is 0 Å². The number of ether oxygens (including phenoxy) is 1. The molecule has 0 radical (unpaired) electrons. The van der Waals surface area contributed by atoms with Gasteiger partial charge in [-0.1, -0.05) is 36.8 Å². The molecule has 0 unspecified atom stereocenters. The molecule has 1 aromatic carbocycles.